The lowest BCUT2D eigenvalue weighted by Gasteiger charge is -2.28. The number of benzene rings is 1. The Hall–Kier alpha value is -1.48. The Balaban J connectivity index is 1.43. The van der Waals surface area contributed by atoms with Crippen LogP contribution >= 0.6 is 11.9 Å². The maximum absolute atomic E-state index is 11.9. The fourth-order valence-electron chi connectivity index (χ4n) is 3.41. The van der Waals surface area contributed by atoms with Crippen molar-refractivity contribution in [3.8, 4) is 5.75 Å². The Morgan fingerprint density at radius 2 is 1.97 bits per heavy atom. The predicted molar refractivity (Wildman–Crippen MR) is 112 cm³/mol. The Morgan fingerprint density at radius 1 is 1.17 bits per heavy atom. The molecule has 0 spiro atoms. The maximum Gasteiger partial charge on any atom is 0.407 e. The molecule has 1 aromatic rings. The second kappa shape index (κ2) is 12.3. The lowest BCUT2D eigenvalue weighted by atomic mass is 9.98. The highest BCUT2D eigenvalue weighted by atomic mass is 32.2. The van der Waals surface area contributed by atoms with Crippen LogP contribution in [0.15, 0.2) is 29.2 Å². The van der Waals surface area contributed by atoms with Crippen molar-refractivity contribution in [3.05, 3.63) is 24.3 Å². The third-order valence-corrected chi connectivity index (χ3v) is 5.99. The van der Waals surface area contributed by atoms with Crippen LogP contribution in [0.25, 0.3) is 0 Å². The van der Waals surface area contributed by atoms with Gasteiger partial charge in [-0.1, -0.05) is 19.3 Å². The summed E-state index contributed by atoms with van der Waals surface area (Å²) >= 11 is 1.58. The van der Waals surface area contributed by atoms with Gasteiger partial charge in [0.05, 0.1) is 26.4 Å². The molecule has 0 unspecified atom stereocenters. The lowest BCUT2D eigenvalue weighted by molar-refractivity contribution is -0.135. The Kier molecular flexibility index (Phi) is 9.40. The molecule has 1 N–H and O–H groups in total. The van der Waals surface area contributed by atoms with Gasteiger partial charge in [-0.25, -0.2) is 4.79 Å². The molecule has 1 aliphatic heterocycles. The molecule has 1 heterocycles. The van der Waals surface area contributed by atoms with Crippen LogP contribution < -0.4 is 10.1 Å². The summed E-state index contributed by atoms with van der Waals surface area (Å²) in [5.74, 6) is 0.837. The van der Waals surface area contributed by atoms with Gasteiger partial charge < -0.3 is 19.5 Å². The van der Waals surface area contributed by atoms with E-state index in [9.17, 15) is 4.79 Å². The van der Waals surface area contributed by atoms with E-state index in [2.05, 4.69) is 5.32 Å². The Labute approximate surface area is 177 Å². The van der Waals surface area contributed by atoms with Gasteiger partial charge in [-0.05, 0) is 55.5 Å². The molecule has 1 amide bonds. The van der Waals surface area contributed by atoms with Crippen molar-refractivity contribution >= 4 is 18.0 Å². The minimum absolute atomic E-state index is 0.119. The quantitative estimate of drug-likeness (QED) is 0.343. The van der Waals surface area contributed by atoms with Crippen molar-refractivity contribution < 1.29 is 23.8 Å². The second-order valence-electron chi connectivity index (χ2n) is 7.36. The van der Waals surface area contributed by atoms with Crippen molar-refractivity contribution in [3.63, 3.8) is 0 Å². The molecule has 7 nitrogen and oxygen atoms in total. The van der Waals surface area contributed by atoms with Crippen LogP contribution in [0.2, 0.25) is 0 Å². The number of nitrogens with zero attached hydrogens (tertiary/aromatic N) is 1. The molecule has 8 heteroatoms. The topological polar surface area (TPSA) is 69.3 Å². The SMILES string of the molecule is COc1ccc(SN(CCCNC(=O)O[C@H]2CCOC2)OC2CCCCC2)cc1. The molecule has 1 aliphatic carbocycles. The monoisotopic (exact) mass is 424 g/mol. The molecule has 1 saturated carbocycles. The maximum atomic E-state index is 11.9. The number of hydrogen-bond donors (Lipinski definition) is 1. The fraction of sp³-hybridized carbons (Fsp3) is 0.667. The zero-order chi connectivity index (χ0) is 20.3. The number of carbonyl (C=O) groups excluding carboxylic acids is 1. The summed E-state index contributed by atoms with van der Waals surface area (Å²) in [6, 6.07) is 7.96. The summed E-state index contributed by atoms with van der Waals surface area (Å²) in [5.41, 5.74) is 0. The van der Waals surface area contributed by atoms with Crippen molar-refractivity contribution in [2.75, 3.05) is 33.4 Å². The van der Waals surface area contributed by atoms with E-state index in [1.807, 2.05) is 28.7 Å². The zero-order valence-corrected chi connectivity index (χ0v) is 18.0. The molecule has 0 bridgehead atoms. The highest BCUT2D eigenvalue weighted by Gasteiger charge is 2.21. The number of rotatable bonds is 10. The number of methoxy groups -OCH3 is 1. The second-order valence-corrected chi connectivity index (χ2v) is 8.42. The van der Waals surface area contributed by atoms with E-state index in [1.54, 1.807) is 19.1 Å². The average Bonchev–Trinajstić information content (AvgIpc) is 3.25. The normalized spacial score (nSPS) is 20.0. The Morgan fingerprint density at radius 3 is 2.66 bits per heavy atom. The van der Waals surface area contributed by atoms with E-state index >= 15 is 0 Å². The van der Waals surface area contributed by atoms with E-state index in [1.165, 1.54) is 19.3 Å². The van der Waals surface area contributed by atoms with Crippen molar-refractivity contribution in [2.24, 2.45) is 0 Å². The van der Waals surface area contributed by atoms with Crippen molar-refractivity contribution in [2.45, 2.75) is 62.0 Å². The molecule has 29 heavy (non-hydrogen) atoms. The summed E-state index contributed by atoms with van der Waals surface area (Å²) < 4.78 is 17.7. The first kappa shape index (κ1) is 22.2. The molecule has 0 aromatic heterocycles. The minimum atomic E-state index is -0.372. The van der Waals surface area contributed by atoms with Gasteiger partial charge in [0.25, 0.3) is 0 Å². The van der Waals surface area contributed by atoms with Crippen LogP contribution in [0.5, 0.6) is 5.75 Å². The highest BCUT2D eigenvalue weighted by Crippen LogP contribution is 2.29. The highest BCUT2D eigenvalue weighted by molar-refractivity contribution is 7.96. The first-order chi connectivity index (χ1) is 14.2. The lowest BCUT2D eigenvalue weighted by Crippen LogP contribution is -2.32. The largest absolute Gasteiger partial charge is 0.497 e. The summed E-state index contributed by atoms with van der Waals surface area (Å²) in [4.78, 5) is 19.2. The van der Waals surface area contributed by atoms with Gasteiger partial charge in [0, 0.05) is 24.4 Å². The molecular weight excluding hydrogens is 392 g/mol. The minimum Gasteiger partial charge on any atom is -0.497 e. The van der Waals surface area contributed by atoms with E-state index in [0.29, 0.717) is 26.3 Å². The summed E-state index contributed by atoms with van der Waals surface area (Å²) in [5, 5.41) is 2.82. The third kappa shape index (κ3) is 8.04. The van der Waals surface area contributed by atoms with Gasteiger partial charge in [-0.3, -0.25) is 4.84 Å². The molecule has 1 saturated heterocycles. The average molecular weight is 425 g/mol. The van der Waals surface area contributed by atoms with Crippen LogP contribution in [-0.2, 0) is 14.3 Å². The Bertz CT molecular complexity index is 604. The van der Waals surface area contributed by atoms with Gasteiger partial charge in [0.15, 0.2) is 0 Å². The van der Waals surface area contributed by atoms with E-state index in [4.69, 9.17) is 19.0 Å². The van der Waals surface area contributed by atoms with E-state index in [-0.39, 0.29) is 18.3 Å². The molecule has 3 rings (SSSR count). The van der Waals surface area contributed by atoms with E-state index in [0.717, 1.165) is 36.3 Å². The van der Waals surface area contributed by atoms with Crippen LogP contribution in [0.3, 0.4) is 0 Å². The first-order valence-electron chi connectivity index (χ1n) is 10.5. The molecule has 2 aliphatic rings. The zero-order valence-electron chi connectivity index (χ0n) is 17.1. The molecule has 162 valence electrons. The molecule has 1 atom stereocenters. The summed E-state index contributed by atoms with van der Waals surface area (Å²) in [6.45, 7) is 2.41. The molecule has 2 fully saturated rings. The number of amides is 1. The number of alkyl carbamates (subject to hydrolysis) is 1. The van der Waals surface area contributed by atoms with Gasteiger partial charge >= 0.3 is 6.09 Å². The number of ether oxygens (including phenoxy) is 3. The number of hydrogen-bond acceptors (Lipinski definition) is 7. The van der Waals surface area contributed by atoms with Crippen LogP contribution in [-0.4, -0.2) is 56.2 Å². The number of nitrogens with one attached hydrogen (secondary N) is 1. The smallest absolute Gasteiger partial charge is 0.407 e. The molecule has 0 radical (unpaired) electrons. The van der Waals surface area contributed by atoms with Gasteiger partial charge in [-0.2, -0.15) is 0 Å². The third-order valence-electron chi connectivity index (χ3n) is 5.03. The number of hydroxylamine groups is 1. The fourth-order valence-corrected chi connectivity index (χ4v) is 4.29. The summed E-state index contributed by atoms with van der Waals surface area (Å²) in [7, 11) is 1.67. The predicted octanol–water partition coefficient (Wildman–Crippen LogP) is 4.17. The number of carbonyl (C=O) groups is 1. The van der Waals surface area contributed by atoms with Crippen LogP contribution in [0.1, 0.15) is 44.9 Å². The van der Waals surface area contributed by atoms with Crippen molar-refractivity contribution in [1.29, 1.82) is 0 Å². The molecular formula is C21H32N2O5S. The van der Waals surface area contributed by atoms with Gasteiger partial charge in [0.1, 0.15) is 11.9 Å². The van der Waals surface area contributed by atoms with E-state index < -0.39 is 0 Å². The van der Waals surface area contributed by atoms with Crippen molar-refractivity contribution in [1.82, 2.24) is 9.79 Å². The first-order valence-corrected chi connectivity index (χ1v) is 11.3. The molecule has 1 aromatic carbocycles. The van der Waals surface area contributed by atoms with Gasteiger partial charge in [0.2, 0.25) is 0 Å². The van der Waals surface area contributed by atoms with Gasteiger partial charge in [-0.15, -0.1) is 4.47 Å². The van der Waals surface area contributed by atoms with Crippen LogP contribution in [0, 0.1) is 0 Å². The summed E-state index contributed by atoms with van der Waals surface area (Å²) in [6.07, 6.45) is 7.28. The standard InChI is InChI=1S/C21H32N2O5S/c1-25-17-8-10-20(11-9-17)29-23(28-18-6-3-2-4-7-18)14-5-13-22-21(24)27-19-12-15-26-16-19/h8-11,18-19H,2-7,12-16H2,1H3,(H,22,24)/t19-/m0/s1. The van der Waals surface area contributed by atoms with Crippen LogP contribution in [0.4, 0.5) is 4.79 Å².